The lowest BCUT2D eigenvalue weighted by Gasteiger charge is -2.26. The monoisotopic (exact) mass is 415 g/mol. The largest absolute Gasteiger partial charge is 0.395 e. The van der Waals surface area contributed by atoms with Crippen LogP contribution in [0.3, 0.4) is 0 Å². The van der Waals surface area contributed by atoms with Crippen LogP contribution in [0, 0.1) is 6.92 Å². The first-order chi connectivity index (χ1) is 13.9. The molecular formula is C20H25N5O3S. The third kappa shape index (κ3) is 4.92. The number of nitrogen functional groups attached to an aromatic ring is 1. The molecule has 8 nitrogen and oxygen atoms in total. The van der Waals surface area contributed by atoms with Crippen LogP contribution in [-0.2, 0) is 4.79 Å². The van der Waals surface area contributed by atoms with E-state index in [0.717, 1.165) is 42.8 Å². The number of nitrogens with zero attached hydrogens (tertiary/aromatic N) is 2. The van der Waals surface area contributed by atoms with Gasteiger partial charge in [-0.25, -0.2) is 0 Å². The summed E-state index contributed by atoms with van der Waals surface area (Å²) in [4.78, 5) is 38.8. The average Bonchev–Trinajstić information content (AvgIpc) is 3.08. The number of nitrogens with one attached hydrogen (secondary N) is 1. The van der Waals surface area contributed by atoms with E-state index in [-0.39, 0.29) is 34.8 Å². The predicted octanol–water partition coefficient (Wildman–Crippen LogP) is 2.23. The quantitative estimate of drug-likeness (QED) is 0.666. The fourth-order valence-corrected chi connectivity index (χ4v) is 4.25. The molecule has 5 N–H and O–H groups in total. The van der Waals surface area contributed by atoms with Crippen LogP contribution in [0.5, 0.6) is 0 Å². The highest BCUT2D eigenvalue weighted by Gasteiger charge is 2.28. The van der Waals surface area contributed by atoms with Crippen LogP contribution in [0.15, 0.2) is 24.3 Å². The highest BCUT2D eigenvalue weighted by molar-refractivity contribution is 7.09. The SMILES string of the molecule is Cc1cccc(N(CC(=O)NC2CCCCC2)C(=O)c2snc(C(N)=O)c2N)c1. The lowest BCUT2D eigenvalue weighted by atomic mass is 9.95. The Morgan fingerprint density at radius 1 is 1.24 bits per heavy atom. The lowest BCUT2D eigenvalue weighted by molar-refractivity contribution is -0.120. The summed E-state index contributed by atoms with van der Waals surface area (Å²) in [5, 5.41) is 3.03. The Labute approximate surface area is 173 Å². The van der Waals surface area contributed by atoms with Gasteiger partial charge >= 0.3 is 0 Å². The number of carbonyl (C=O) groups excluding carboxylic acids is 3. The molecule has 29 heavy (non-hydrogen) atoms. The molecule has 3 rings (SSSR count). The highest BCUT2D eigenvalue weighted by atomic mass is 32.1. The summed E-state index contributed by atoms with van der Waals surface area (Å²) in [7, 11) is 0. The number of carbonyl (C=O) groups is 3. The van der Waals surface area contributed by atoms with E-state index in [1.807, 2.05) is 25.1 Å². The molecule has 0 unspecified atom stereocenters. The zero-order chi connectivity index (χ0) is 21.0. The normalized spacial score (nSPS) is 14.4. The minimum atomic E-state index is -0.796. The van der Waals surface area contributed by atoms with Gasteiger partial charge in [0.15, 0.2) is 5.69 Å². The molecule has 0 spiro atoms. The van der Waals surface area contributed by atoms with E-state index in [1.54, 1.807) is 6.07 Å². The Hall–Kier alpha value is -2.94. The first-order valence-electron chi connectivity index (χ1n) is 9.59. The van der Waals surface area contributed by atoms with Crippen LogP contribution in [0.1, 0.15) is 57.8 Å². The van der Waals surface area contributed by atoms with Crippen molar-refractivity contribution in [3.63, 3.8) is 0 Å². The van der Waals surface area contributed by atoms with E-state index in [1.165, 1.54) is 11.3 Å². The van der Waals surface area contributed by atoms with E-state index >= 15 is 0 Å². The number of primary amides is 1. The van der Waals surface area contributed by atoms with Gasteiger partial charge in [0.1, 0.15) is 11.4 Å². The molecule has 0 radical (unpaired) electrons. The zero-order valence-electron chi connectivity index (χ0n) is 16.3. The van der Waals surface area contributed by atoms with Gasteiger partial charge in [0.05, 0.1) is 5.69 Å². The molecule has 1 heterocycles. The van der Waals surface area contributed by atoms with Crippen LogP contribution in [0.4, 0.5) is 11.4 Å². The molecule has 1 aromatic carbocycles. The second kappa shape index (κ2) is 9.04. The topological polar surface area (TPSA) is 131 Å². The van der Waals surface area contributed by atoms with Crippen molar-refractivity contribution in [2.75, 3.05) is 17.2 Å². The summed E-state index contributed by atoms with van der Waals surface area (Å²) in [6.45, 7) is 1.75. The average molecular weight is 416 g/mol. The molecule has 9 heteroatoms. The van der Waals surface area contributed by atoms with E-state index in [2.05, 4.69) is 9.69 Å². The van der Waals surface area contributed by atoms with E-state index in [0.29, 0.717) is 5.69 Å². The van der Waals surface area contributed by atoms with E-state index in [9.17, 15) is 14.4 Å². The first kappa shape index (κ1) is 20.8. The third-order valence-corrected chi connectivity index (χ3v) is 5.84. The van der Waals surface area contributed by atoms with Crippen LogP contribution < -0.4 is 21.7 Å². The standard InChI is InChI=1S/C20H25N5O3S/c1-12-6-5-9-14(10-12)25(11-15(26)23-13-7-3-2-4-8-13)20(28)18-16(21)17(19(22)27)24-29-18/h5-6,9-10,13H,2-4,7-8,11,21H2,1H3,(H2,22,27)(H,23,26). The molecule has 1 aliphatic rings. The van der Waals surface area contributed by atoms with Crippen molar-refractivity contribution in [2.45, 2.75) is 45.1 Å². The minimum absolute atomic E-state index is 0.0576. The van der Waals surface area contributed by atoms with Gasteiger partial charge in [0.25, 0.3) is 11.8 Å². The van der Waals surface area contributed by atoms with Crippen LogP contribution in [0.2, 0.25) is 0 Å². The predicted molar refractivity (Wildman–Crippen MR) is 113 cm³/mol. The fourth-order valence-electron chi connectivity index (χ4n) is 3.49. The van der Waals surface area contributed by atoms with Crippen LogP contribution in [-0.4, -0.2) is 34.7 Å². The minimum Gasteiger partial charge on any atom is -0.395 e. The van der Waals surface area contributed by atoms with Crippen molar-refractivity contribution in [3.05, 3.63) is 40.4 Å². The molecule has 1 aliphatic carbocycles. The summed E-state index contributed by atoms with van der Waals surface area (Å²) in [5.74, 6) is -1.52. The lowest BCUT2D eigenvalue weighted by Crippen LogP contribution is -2.45. The number of hydrogen-bond donors (Lipinski definition) is 3. The molecule has 1 aromatic heterocycles. The van der Waals surface area contributed by atoms with Crippen LogP contribution >= 0.6 is 11.5 Å². The molecule has 0 bridgehead atoms. The number of amides is 3. The number of nitrogens with two attached hydrogens (primary N) is 2. The maximum absolute atomic E-state index is 13.2. The van der Waals surface area contributed by atoms with Crippen molar-refractivity contribution in [3.8, 4) is 0 Å². The number of anilines is 2. The van der Waals surface area contributed by atoms with Gasteiger partial charge in [-0.1, -0.05) is 31.4 Å². The number of hydrogen-bond acceptors (Lipinski definition) is 6. The number of benzene rings is 1. The first-order valence-corrected chi connectivity index (χ1v) is 10.4. The number of rotatable bonds is 6. The molecule has 154 valence electrons. The van der Waals surface area contributed by atoms with Gasteiger partial charge in [-0.05, 0) is 49.0 Å². The molecular weight excluding hydrogens is 390 g/mol. The van der Waals surface area contributed by atoms with Crippen molar-refractivity contribution in [2.24, 2.45) is 5.73 Å². The van der Waals surface area contributed by atoms with Gasteiger partial charge in [0.2, 0.25) is 5.91 Å². The molecule has 3 amide bonds. The molecule has 0 aliphatic heterocycles. The number of aromatic nitrogens is 1. The molecule has 1 saturated carbocycles. The zero-order valence-corrected chi connectivity index (χ0v) is 17.1. The summed E-state index contributed by atoms with van der Waals surface area (Å²) in [5.41, 5.74) is 12.5. The second-order valence-corrected chi connectivity index (χ2v) is 8.04. The highest BCUT2D eigenvalue weighted by Crippen LogP contribution is 2.26. The molecule has 0 atom stereocenters. The summed E-state index contributed by atoms with van der Waals surface area (Å²) in [6, 6.07) is 7.43. The summed E-state index contributed by atoms with van der Waals surface area (Å²) >= 11 is 0.804. The Balaban J connectivity index is 1.86. The smallest absolute Gasteiger partial charge is 0.272 e. The van der Waals surface area contributed by atoms with Gasteiger partial charge < -0.3 is 16.8 Å². The Kier molecular flexibility index (Phi) is 6.48. The van der Waals surface area contributed by atoms with Gasteiger partial charge in [-0.3, -0.25) is 19.3 Å². The van der Waals surface area contributed by atoms with Gasteiger partial charge in [-0.2, -0.15) is 4.37 Å². The maximum Gasteiger partial charge on any atom is 0.272 e. The van der Waals surface area contributed by atoms with Gasteiger partial charge in [-0.15, -0.1) is 0 Å². The molecule has 1 fully saturated rings. The Morgan fingerprint density at radius 3 is 2.59 bits per heavy atom. The van der Waals surface area contributed by atoms with E-state index in [4.69, 9.17) is 11.5 Å². The summed E-state index contributed by atoms with van der Waals surface area (Å²) in [6.07, 6.45) is 5.28. The van der Waals surface area contributed by atoms with Crippen molar-refractivity contribution >= 4 is 40.6 Å². The summed E-state index contributed by atoms with van der Waals surface area (Å²) < 4.78 is 3.90. The Bertz CT molecular complexity index is 921. The molecule has 2 aromatic rings. The van der Waals surface area contributed by atoms with Crippen molar-refractivity contribution in [1.29, 1.82) is 0 Å². The number of aryl methyl sites for hydroxylation is 1. The second-order valence-electron chi connectivity index (χ2n) is 7.27. The molecule has 0 saturated heterocycles. The third-order valence-electron chi connectivity index (χ3n) is 4.99. The van der Waals surface area contributed by atoms with Crippen molar-refractivity contribution < 1.29 is 14.4 Å². The Morgan fingerprint density at radius 2 is 1.97 bits per heavy atom. The van der Waals surface area contributed by atoms with Crippen LogP contribution in [0.25, 0.3) is 0 Å². The van der Waals surface area contributed by atoms with E-state index < -0.39 is 11.8 Å². The van der Waals surface area contributed by atoms with Gasteiger partial charge in [0, 0.05) is 11.7 Å². The van der Waals surface area contributed by atoms with Crippen molar-refractivity contribution in [1.82, 2.24) is 9.69 Å². The maximum atomic E-state index is 13.2. The fraction of sp³-hybridized carbons (Fsp3) is 0.400.